The van der Waals surface area contributed by atoms with Crippen LogP contribution in [0.1, 0.15) is 21.5 Å². The number of amides is 1. The minimum Gasteiger partial charge on any atom is -0.496 e. The minimum atomic E-state index is -0.320. The van der Waals surface area contributed by atoms with E-state index in [4.69, 9.17) is 20.4 Å². The summed E-state index contributed by atoms with van der Waals surface area (Å²) in [5.74, 6) is 0.514. The van der Waals surface area contributed by atoms with Crippen molar-refractivity contribution in [1.82, 2.24) is 20.0 Å². The van der Waals surface area contributed by atoms with Crippen LogP contribution in [-0.2, 0) is 6.42 Å². The van der Waals surface area contributed by atoms with E-state index in [1.54, 1.807) is 13.3 Å². The monoisotopic (exact) mass is 464 g/mol. The normalized spacial score (nSPS) is 11.3. The number of ether oxygens (including phenoxy) is 1. The molecule has 0 aliphatic carbocycles. The second kappa shape index (κ2) is 9.64. The number of nitrogen functional groups attached to an aromatic ring is 1. The lowest BCUT2D eigenvalue weighted by atomic mass is 10.1. The van der Waals surface area contributed by atoms with E-state index < -0.39 is 0 Å². The molecular weight excluding hydrogens is 440 g/mol. The second-order valence-electron chi connectivity index (χ2n) is 7.93. The van der Waals surface area contributed by atoms with Crippen LogP contribution in [0, 0.1) is 0 Å². The van der Waals surface area contributed by atoms with E-state index in [0.717, 1.165) is 11.1 Å². The number of hydrogen-bond donors (Lipinski definition) is 2. The molecule has 0 aliphatic rings. The third-order valence-corrected chi connectivity index (χ3v) is 5.69. The van der Waals surface area contributed by atoms with Crippen LogP contribution in [0.3, 0.4) is 0 Å². The van der Waals surface area contributed by atoms with Crippen molar-refractivity contribution < 1.29 is 9.53 Å². The molecule has 5 aromatic rings. The number of anilines is 1. The van der Waals surface area contributed by atoms with Gasteiger partial charge in [0.2, 0.25) is 0 Å². The van der Waals surface area contributed by atoms with Crippen molar-refractivity contribution in [1.29, 1.82) is 0 Å². The Morgan fingerprint density at radius 1 is 1.00 bits per heavy atom. The van der Waals surface area contributed by atoms with Gasteiger partial charge in [-0.25, -0.2) is 9.97 Å². The number of aromatic nitrogens is 3. The van der Waals surface area contributed by atoms with Gasteiger partial charge in [-0.3, -0.25) is 4.79 Å². The van der Waals surface area contributed by atoms with Crippen molar-refractivity contribution in [2.75, 3.05) is 19.4 Å². The Bertz CT molecular complexity index is 1540. The molecule has 2 aromatic heterocycles. The zero-order valence-corrected chi connectivity index (χ0v) is 19.2. The third kappa shape index (κ3) is 4.41. The Hall–Kier alpha value is -4.72. The van der Waals surface area contributed by atoms with Crippen LogP contribution in [0.25, 0.3) is 22.2 Å². The maximum Gasteiger partial charge on any atom is 0.257 e. The fourth-order valence-electron chi connectivity index (χ4n) is 3.93. The second-order valence-corrected chi connectivity index (χ2v) is 7.93. The number of para-hydroxylation sites is 3. The van der Waals surface area contributed by atoms with E-state index >= 15 is 0 Å². The molecule has 35 heavy (non-hydrogen) atoms. The van der Waals surface area contributed by atoms with Gasteiger partial charge in [-0.05, 0) is 36.2 Å². The Balaban J connectivity index is 1.55. The van der Waals surface area contributed by atoms with E-state index in [1.165, 1.54) is 4.68 Å². The predicted octanol–water partition coefficient (Wildman–Crippen LogP) is 4.03. The third-order valence-electron chi connectivity index (χ3n) is 5.69. The molecule has 0 saturated carbocycles. The molecule has 2 heterocycles. The average Bonchev–Trinajstić information content (AvgIpc) is 3.16. The number of nitrogens with zero attached hydrogens (tertiary/aromatic N) is 4. The maximum absolute atomic E-state index is 13.2. The molecule has 0 aliphatic heterocycles. The van der Waals surface area contributed by atoms with Gasteiger partial charge in [0.05, 0.1) is 24.4 Å². The number of benzene rings is 3. The smallest absolute Gasteiger partial charge is 0.257 e. The number of carbonyl (C=O) groups is 1. The maximum atomic E-state index is 13.2. The summed E-state index contributed by atoms with van der Waals surface area (Å²) in [6.45, 7) is 0.459. The predicted molar refractivity (Wildman–Crippen MR) is 138 cm³/mol. The molecule has 0 fully saturated rings. The van der Waals surface area contributed by atoms with E-state index in [-0.39, 0.29) is 17.3 Å². The number of carbonyl (C=O) groups excluding carboxylic acids is 1. The van der Waals surface area contributed by atoms with Gasteiger partial charge in [0, 0.05) is 12.1 Å². The Morgan fingerprint density at radius 2 is 1.69 bits per heavy atom. The SMILES string of the molecule is COc1ccccc1/C=N\n1c(N)c(C(=O)NCCc2ccccc2)c2nc3ccccc3nc21. The van der Waals surface area contributed by atoms with Crippen LogP contribution in [-0.4, -0.2) is 40.4 Å². The van der Waals surface area contributed by atoms with Gasteiger partial charge in [-0.15, -0.1) is 0 Å². The first kappa shape index (κ1) is 22.1. The fourth-order valence-corrected chi connectivity index (χ4v) is 3.93. The summed E-state index contributed by atoms with van der Waals surface area (Å²) in [6, 6.07) is 24.9. The van der Waals surface area contributed by atoms with Gasteiger partial charge in [0.1, 0.15) is 22.6 Å². The standard InChI is InChI=1S/C27H24N6O2/c1-35-22-14-8-5-11-19(22)17-30-33-25(28)23(27(34)29-16-15-18-9-3-2-4-10-18)24-26(33)32-21-13-7-6-12-20(21)31-24/h2-14,17H,15-16,28H2,1H3,(H,29,34)/b30-17-. The van der Waals surface area contributed by atoms with Gasteiger partial charge in [0.25, 0.3) is 5.91 Å². The Morgan fingerprint density at radius 3 is 2.46 bits per heavy atom. The number of fused-ring (bicyclic) bond motifs is 2. The number of rotatable bonds is 7. The summed E-state index contributed by atoms with van der Waals surface area (Å²) in [6.07, 6.45) is 2.33. The summed E-state index contributed by atoms with van der Waals surface area (Å²) in [7, 11) is 1.60. The van der Waals surface area contributed by atoms with Crippen molar-refractivity contribution in [2.45, 2.75) is 6.42 Å². The topological polar surface area (TPSA) is 107 Å². The molecule has 0 unspecified atom stereocenters. The minimum absolute atomic E-state index is 0.165. The summed E-state index contributed by atoms with van der Waals surface area (Å²) in [5.41, 5.74) is 10.8. The van der Waals surface area contributed by atoms with Gasteiger partial charge >= 0.3 is 0 Å². The Kier molecular flexibility index (Phi) is 6.09. The highest BCUT2D eigenvalue weighted by atomic mass is 16.5. The highest BCUT2D eigenvalue weighted by Gasteiger charge is 2.24. The summed E-state index contributed by atoms with van der Waals surface area (Å²) in [5, 5.41) is 7.52. The molecule has 0 bridgehead atoms. The first-order chi connectivity index (χ1) is 17.2. The van der Waals surface area contributed by atoms with E-state index in [2.05, 4.69) is 10.4 Å². The van der Waals surface area contributed by atoms with Gasteiger partial charge in [-0.2, -0.15) is 9.78 Å². The van der Waals surface area contributed by atoms with Crippen LogP contribution in [0.5, 0.6) is 5.75 Å². The lowest BCUT2D eigenvalue weighted by Crippen LogP contribution is -2.26. The lowest BCUT2D eigenvalue weighted by Gasteiger charge is -2.06. The van der Waals surface area contributed by atoms with Gasteiger partial charge in [-0.1, -0.05) is 54.6 Å². The zero-order valence-electron chi connectivity index (χ0n) is 19.2. The van der Waals surface area contributed by atoms with E-state index in [9.17, 15) is 4.79 Å². The highest BCUT2D eigenvalue weighted by molar-refractivity contribution is 6.10. The van der Waals surface area contributed by atoms with Gasteiger partial charge in [0.15, 0.2) is 5.65 Å². The van der Waals surface area contributed by atoms with Gasteiger partial charge < -0.3 is 15.8 Å². The molecule has 0 spiro atoms. The lowest BCUT2D eigenvalue weighted by molar-refractivity contribution is 0.0956. The molecule has 5 rings (SSSR count). The fraction of sp³-hybridized carbons (Fsp3) is 0.111. The van der Waals surface area contributed by atoms with Crippen molar-refractivity contribution >= 4 is 40.1 Å². The van der Waals surface area contributed by atoms with E-state index in [1.807, 2.05) is 78.9 Å². The molecule has 174 valence electrons. The molecule has 8 nitrogen and oxygen atoms in total. The first-order valence-corrected chi connectivity index (χ1v) is 11.2. The molecule has 0 saturated heterocycles. The number of nitrogens with one attached hydrogen (secondary N) is 1. The quantitative estimate of drug-likeness (QED) is 0.354. The van der Waals surface area contributed by atoms with Crippen LogP contribution in [0.2, 0.25) is 0 Å². The summed E-state index contributed by atoms with van der Waals surface area (Å²) < 4.78 is 6.86. The van der Waals surface area contributed by atoms with E-state index in [0.29, 0.717) is 40.9 Å². The number of methoxy groups -OCH3 is 1. The van der Waals surface area contributed by atoms with Crippen molar-refractivity contribution in [3.63, 3.8) is 0 Å². The average molecular weight is 465 g/mol. The van der Waals surface area contributed by atoms with Crippen LogP contribution in [0.4, 0.5) is 5.82 Å². The molecular formula is C27H24N6O2. The molecule has 3 N–H and O–H groups in total. The van der Waals surface area contributed by atoms with Crippen molar-refractivity contribution in [3.8, 4) is 5.75 Å². The first-order valence-electron chi connectivity index (χ1n) is 11.2. The van der Waals surface area contributed by atoms with Crippen LogP contribution >= 0.6 is 0 Å². The summed E-state index contributed by atoms with van der Waals surface area (Å²) in [4.78, 5) is 22.7. The number of nitrogens with two attached hydrogens (primary N) is 1. The van der Waals surface area contributed by atoms with Crippen molar-refractivity contribution in [2.24, 2.45) is 5.10 Å². The molecule has 0 radical (unpaired) electrons. The highest BCUT2D eigenvalue weighted by Crippen LogP contribution is 2.28. The summed E-state index contributed by atoms with van der Waals surface area (Å²) >= 11 is 0. The van der Waals surface area contributed by atoms with Crippen LogP contribution in [0.15, 0.2) is 84.0 Å². The molecule has 1 amide bonds. The molecule has 3 aromatic carbocycles. The molecule has 8 heteroatoms. The van der Waals surface area contributed by atoms with Crippen molar-refractivity contribution in [3.05, 3.63) is 95.6 Å². The number of hydrogen-bond acceptors (Lipinski definition) is 6. The zero-order chi connectivity index (χ0) is 24.2. The van der Waals surface area contributed by atoms with Crippen LogP contribution < -0.4 is 15.8 Å². The Labute approximate surface area is 202 Å². The molecule has 0 atom stereocenters. The largest absolute Gasteiger partial charge is 0.496 e.